The van der Waals surface area contributed by atoms with Crippen LogP contribution in [0.1, 0.15) is 32.8 Å². The molecule has 0 radical (unpaired) electrons. The molecule has 1 fully saturated rings. The number of hydrogen-bond donors (Lipinski definition) is 2. The van der Waals surface area contributed by atoms with Crippen LogP contribution in [-0.4, -0.2) is 48.5 Å². The third-order valence-corrected chi connectivity index (χ3v) is 6.16. The number of piperidine rings is 1. The van der Waals surface area contributed by atoms with Gasteiger partial charge in [-0.05, 0) is 63.6 Å². The lowest BCUT2D eigenvalue weighted by atomic mass is 9.71. The maximum atomic E-state index is 14.4. The quantitative estimate of drug-likeness (QED) is 0.642. The minimum Gasteiger partial charge on any atom is -0.490 e. The molecule has 1 aromatic heterocycles. The second-order valence-corrected chi connectivity index (χ2v) is 9.57. The van der Waals surface area contributed by atoms with Crippen LogP contribution in [0.4, 0.5) is 9.18 Å². The molecule has 2 aromatic rings. The first-order chi connectivity index (χ1) is 15.7. The standard InChI is InChI=1S/C24H27FN4O4/c1-23(2,3)33-22(30)28-21-29-24(13-31-21)16-11-14(15-5-4-9-27-20(15)25)6-7-18(16)32-19-8-10-26-12-17(19)24/h4-7,9,11,17,19,26H,8,10,12-13H2,1-3H3,(H,28,29,30)/t17-,19-,24?/m0/s1. The fourth-order valence-electron chi connectivity index (χ4n) is 4.76. The van der Waals surface area contributed by atoms with Crippen LogP contribution >= 0.6 is 0 Å². The van der Waals surface area contributed by atoms with E-state index in [1.165, 1.54) is 6.20 Å². The number of nitrogens with one attached hydrogen (secondary N) is 2. The molecule has 3 atom stereocenters. The van der Waals surface area contributed by atoms with E-state index in [-0.39, 0.29) is 24.7 Å². The molecular weight excluding hydrogens is 427 g/mol. The van der Waals surface area contributed by atoms with Crippen molar-refractivity contribution in [1.82, 2.24) is 15.6 Å². The Morgan fingerprint density at radius 2 is 2.18 bits per heavy atom. The van der Waals surface area contributed by atoms with Crippen molar-refractivity contribution in [3.63, 3.8) is 0 Å². The number of carbonyl (C=O) groups excluding carboxylic acids is 1. The Balaban J connectivity index is 1.56. The Morgan fingerprint density at radius 3 is 2.97 bits per heavy atom. The summed E-state index contributed by atoms with van der Waals surface area (Å²) < 4.78 is 32.0. The minimum atomic E-state index is -0.787. The second-order valence-electron chi connectivity index (χ2n) is 9.57. The number of hydrogen-bond acceptors (Lipinski definition) is 7. The topological polar surface area (TPSA) is 94.1 Å². The molecule has 3 aliphatic heterocycles. The fraction of sp³-hybridized carbons (Fsp3) is 0.458. The summed E-state index contributed by atoms with van der Waals surface area (Å²) in [4.78, 5) is 21.0. The predicted octanol–water partition coefficient (Wildman–Crippen LogP) is 3.36. The average molecular weight is 455 g/mol. The van der Waals surface area contributed by atoms with Crippen molar-refractivity contribution in [2.24, 2.45) is 10.9 Å². The first-order valence-corrected chi connectivity index (χ1v) is 11.1. The van der Waals surface area contributed by atoms with Gasteiger partial charge in [0, 0.05) is 29.8 Å². The zero-order chi connectivity index (χ0) is 23.2. The molecule has 33 heavy (non-hydrogen) atoms. The number of benzene rings is 1. The normalized spacial score (nSPS) is 25.9. The van der Waals surface area contributed by atoms with Crippen molar-refractivity contribution in [2.45, 2.75) is 44.4 Å². The SMILES string of the molecule is CC(C)(C)OC(=O)NC1=NC2(CO1)c1cc(-c3cccnc3F)ccc1O[C@H]1CCNC[C@@H]12. The predicted molar refractivity (Wildman–Crippen MR) is 119 cm³/mol. The van der Waals surface area contributed by atoms with E-state index < -0.39 is 23.2 Å². The number of alkyl carbamates (subject to hydrolysis) is 1. The lowest BCUT2D eigenvalue weighted by molar-refractivity contribution is 0.0158. The number of amidine groups is 1. The van der Waals surface area contributed by atoms with Gasteiger partial charge >= 0.3 is 6.09 Å². The molecule has 0 aliphatic carbocycles. The summed E-state index contributed by atoms with van der Waals surface area (Å²) in [5.41, 5.74) is 0.440. The van der Waals surface area contributed by atoms with Gasteiger partial charge in [0.15, 0.2) is 0 Å². The number of pyridine rings is 1. The molecule has 1 spiro atoms. The molecule has 1 aromatic carbocycles. The summed E-state index contributed by atoms with van der Waals surface area (Å²) in [6.45, 7) is 7.13. The molecule has 2 N–H and O–H groups in total. The molecule has 3 aliphatic rings. The number of aromatic nitrogens is 1. The molecule has 9 heteroatoms. The maximum absolute atomic E-state index is 14.4. The van der Waals surface area contributed by atoms with Crippen molar-refractivity contribution < 1.29 is 23.4 Å². The lowest BCUT2D eigenvalue weighted by Gasteiger charge is -2.46. The molecule has 1 saturated heterocycles. The average Bonchev–Trinajstić information content (AvgIpc) is 3.17. The van der Waals surface area contributed by atoms with Crippen molar-refractivity contribution >= 4 is 12.1 Å². The van der Waals surface area contributed by atoms with Crippen LogP contribution in [0.5, 0.6) is 5.75 Å². The Morgan fingerprint density at radius 1 is 1.33 bits per heavy atom. The summed E-state index contributed by atoms with van der Waals surface area (Å²) in [6.07, 6.45) is 1.57. The van der Waals surface area contributed by atoms with E-state index in [1.807, 2.05) is 18.2 Å². The summed E-state index contributed by atoms with van der Waals surface area (Å²) in [5, 5.41) is 6.05. The van der Waals surface area contributed by atoms with Crippen LogP contribution < -0.4 is 15.4 Å². The highest BCUT2D eigenvalue weighted by molar-refractivity contribution is 5.92. The van der Waals surface area contributed by atoms with E-state index >= 15 is 0 Å². The molecule has 0 saturated carbocycles. The number of halogens is 1. The van der Waals surface area contributed by atoms with Crippen LogP contribution in [0, 0.1) is 11.9 Å². The summed E-state index contributed by atoms with van der Waals surface area (Å²) >= 11 is 0. The number of carbonyl (C=O) groups is 1. The summed E-state index contributed by atoms with van der Waals surface area (Å²) in [6, 6.07) is 9.07. The molecule has 1 unspecified atom stereocenters. The number of fused-ring (bicyclic) bond motifs is 4. The van der Waals surface area contributed by atoms with Crippen molar-refractivity contribution in [3.8, 4) is 16.9 Å². The molecule has 1 amide bonds. The van der Waals surface area contributed by atoms with E-state index in [2.05, 4.69) is 15.6 Å². The summed E-state index contributed by atoms with van der Waals surface area (Å²) in [7, 11) is 0. The first kappa shape index (κ1) is 21.6. The highest BCUT2D eigenvalue weighted by atomic mass is 19.1. The Kier molecular flexibility index (Phi) is 5.23. The molecule has 5 rings (SSSR count). The van der Waals surface area contributed by atoms with Gasteiger partial charge in [0.25, 0.3) is 6.02 Å². The smallest absolute Gasteiger partial charge is 0.415 e. The number of aliphatic imine (C=N–C) groups is 1. The van der Waals surface area contributed by atoms with E-state index in [9.17, 15) is 9.18 Å². The molecule has 4 heterocycles. The van der Waals surface area contributed by atoms with Gasteiger partial charge in [0.2, 0.25) is 5.95 Å². The van der Waals surface area contributed by atoms with E-state index in [0.29, 0.717) is 23.4 Å². The molecular formula is C24H27FN4O4. The van der Waals surface area contributed by atoms with Gasteiger partial charge < -0.3 is 19.5 Å². The third kappa shape index (κ3) is 4.01. The third-order valence-electron chi connectivity index (χ3n) is 6.16. The first-order valence-electron chi connectivity index (χ1n) is 11.1. The van der Waals surface area contributed by atoms with Crippen LogP contribution in [-0.2, 0) is 15.0 Å². The van der Waals surface area contributed by atoms with E-state index in [1.54, 1.807) is 32.9 Å². The maximum Gasteiger partial charge on any atom is 0.415 e. The van der Waals surface area contributed by atoms with Gasteiger partial charge in [-0.1, -0.05) is 6.07 Å². The number of amides is 1. The van der Waals surface area contributed by atoms with E-state index in [4.69, 9.17) is 19.2 Å². The Bertz CT molecular complexity index is 1120. The zero-order valence-electron chi connectivity index (χ0n) is 18.9. The van der Waals surface area contributed by atoms with E-state index in [0.717, 1.165) is 18.5 Å². The van der Waals surface area contributed by atoms with Crippen molar-refractivity contribution in [1.29, 1.82) is 0 Å². The molecule has 8 nitrogen and oxygen atoms in total. The lowest BCUT2D eigenvalue weighted by Crippen LogP contribution is -2.56. The zero-order valence-corrected chi connectivity index (χ0v) is 18.9. The van der Waals surface area contributed by atoms with Crippen LogP contribution in [0.2, 0.25) is 0 Å². The largest absolute Gasteiger partial charge is 0.490 e. The van der Waals surface area contributed by atoms with Crippen molar-refractivity contribution in [2.75, 3.05) is 19.7 Å². The van der Waals surface area contributed by atoms with Gasteiger partial charge in [-0.15, -0.1) is 0 Å². The minimum absolute atomic E-state index is 0.0225. The fourth-order valence-corrected chi connectivity index (χ4v) is 4.76. The number of rotatable bonds is 1. The highest BCUT2D eigenvalue weighted by Crippen LogP contribution is 2.50. The van der Waals surface area contributed by atoms with Gasteiger partial charge in [0.1, 0.15) is 29.6 Å². The molecule has 174 valence electrons. The van der Waals surface area contributed by atoms with Crippen LogP contribution in [0.15, 0.2) is 41.5 Å². The number of ether oxygens (including phenoxy) is 3. The van der Waals surface area contributed by atoms with Crippen LogP contribution in [0.3, 0.4) is 0 Å². The van der Waals surface area contributed by atoms with Crippen molar-refractivity contribution in [3.05, 3.63) is 48.0 Å². The Hall–Kier alpha value is -3.20. The summed E-state index contributed by atoms with van der Waals surface area (Å²) in [5.74, 6) is 0.127. The second kappa shape index (κ2) is 7.98. The van der Waals surface area contributed by atoms with Gasteiger partial charge in [-0.25, -0.2) is 20.1 Å². The van der Waals surface area contributed by atoms with Gasteiger partial charge in [0.05, 0.1) is 0 Å². The highest BCUT2D eigenvalue weighted by Gasteiger charge is 2.55. The monoisotopic (exact) mass is 454 g/mol. The molecule has 0 bridgehead atoms. The van der Waals surface area contributed by atoms with Crippen LogP contribution in [0.25, 0.3) is 11.1 Å². The Labute approximate surface area is 191 Å². The van der Waals surface area contributed by atoms with Gasteiger partial charge in [-0.2, -0.15) is 4.39 Å². The van der Waals surface area contributed by atoms with Gasteiger partial charge in [-0.3, -0.25) is 0 Å². The number of nitrogens with zero attached hydrogens (tertiary/aromatic N) is 2.